The molecule has 0 aliphatic rings. The first-order valence-electron chi connectivity index (χ1n) is 6.37. The number of likely N-dealkylation sites (N-methyl/N-ethyl adjacent to an activating group) is 1. The maximum atomic E-state index is 13.1. The zero-order chi connectivity index (χ0) is 14.4. The van der Waals surface area contributed by atoms with E-state index in [-0.39, 0.29) is 12.5 Å². The third-order valence-electron chi connectivity index (χ3n) is 2.89. The highest BCUT2D eigenvalue weighted by atomic mass is 19.1. The highest BCUT2D eigenvalue weighted by Gasteiger charge is 2.14. The number of hydrogen-bond acceptors (Lipinski definition) is 3. The summed E-state index contributed by atoms with van der Waals surface area (Å²) in [5, 5.41) is 9.55. The highest BCUT2D eigenvalue weighted by molar-refractivity contribution is 5.77. The average molecular weight is 269 g/mol. The average Bonchev–Trinajstić information content (AvgIpc) is 2.38. The van der Waals surface area contributed by atoms with Gasteiger partial charge in [0.1, 0.15) is 11.6 Å². The van der Waals surface area contributed by atoms with Crippen molar-refractivity contribution in [1.29, 1.82) is 0 Å². The van der Waals surface area contributed by atoms with Gasteiger partial charge in [0.05, 0.1) is 6.10 Å². The number of halogens is 1. The molecule has 0 aliphatic carbocycles. The molecular weight excluding hydrogens is 249 g/mol. The molecule has 0 bridgehead atoms. The van der Waals surface area contributed by atoms with Gasteiger partial charge in [0.25, 0.3) is 5.91 Å². The quantitative estimate of drug-likeness (QED) is 0.860. The van der Waals surface area contributed by atoms with Gasteiger partial charge in [0, 0.05) is 18.7 Å². The largest absolute Gasteiger partial charge is 0.483 e. The van der Waals surface area contributed by atoms with Gasteiger partial charge in [-0.2, -0.15) is 0 Å². The second kappa shape index (κ2) is 7.09. The van der Waals surface area contributed by atoms with Crippen molar-refractivity contribution >= 4 is 5.91 Å². The van der Waals surface area contributed by atoms with E-state index in [1.54, 1.807) is 4.90 Å². The third-order valence-corrected chi connectivity index (χ3v) is 2.89. The Morgan fingerprint density at radius 1 is 1.42 bits per heavy atom. The van der Waals surface area contributed by atoms with E-state index in [0.29, 0.717) is 24.4 Å². The van der Waals surface area contributed by atoms with Crippen molar-refractivity contribution in [2.45, 2.75) is 26.9 Å². The Balaban J connectivity index is 2.75. The van der Waals surface area contributed by atoms with Crippen LogP contribution in [0.15, 0.2) is 18.2 Å². The van der Waals surface area contributed by atoms with Gasteiger partial charge in [-0.3, -0.25) is 4.79 Å². The first-order valence-corrected chi connectivity index (χ1v) is 6.37. The van der Waals surface area contributed by atoms with Crippen molar-refractivity contribution in [1.82, 2.24) is 4.90 Å². The molecule has 0 spiro atoms. The predicted octanol–water partition coefficient (Wildman–Crippen LogP) is 2.13. The van der Waals surface area contributed by atoms with E-state index in [2.05, 4.69) is 0 Å². The first-order chi connectivity index (χ1) is 8.99. The molecule has 0 saturated carbocycles. The Bertz CT molecular complexity index is 431. The molecule has 106 valence electrons. The normalized spacial score (nSPS) is 12.1. The molecule has 19 heavy (non-hydrogen) atoms. The van der Waals surface area contributed by atoms with Crippen LogP contribution in [0.2, 0.25) is 0 Å². The minimum absolute atomic E-state index is 0.118. The first kappa shape index (κ1) is 15.4. The van der Waals surface area contributed by atoms with Crippen molar-refractivity contribution in [2.75, 3.05) is 19.7 Å². The minimum atomic E-state index is -0.853. The van der Waals surface area contributed by atoms with Crippen LogP contribution in [0.1, 0.15) is 32.4 Å². The number of ether oxygens (including phenoxy) is 1. The number of nitrogens with zero attached hydrogens (tertiary/aromatic N) is 1. The van der Waals surface area contributed by atoms with Crippen LogP contribution in [0.3, 0.4) is 0 Å². The van der Waals surface area contributed by atoms with Crippen LogP contribution in [0.4, 0.5) is 4.39 Å². The number of hydrogen-bond donors (Lipinski definition) is 1. The molecular formula is C14H20FNO3. The summed E-state index contributed by atoms with van der Waals surface area (Å²) in [4.78, 5) is 13.4. The summed E-state index contributed by atoms with van der Waals surface area (Å²) < 4.78 is 18.5. The molecule has 5 heteroatoms. The molecule has 1 atom stereocenters. The fourth-order valence-corrected chi connectivity index (χ4v) is 1.78. The number of aliphatic hydroxyl groups excluding tert-OH is 1. The lowest BCUT2D eigenvalue weighted by atomic mass is 10.1. The Morgan fingerprint density at radius 2 is 2.05 bits per heavy atom. The molecule has 4 nitrogen and oxygen atoms in total. The van der Waals surface area contributed by atoms with Gasteiger partial charge in [-0.15, -0.1) is 0 Å². The van der Waals surface area contributed by atoms with E-state index in [1.807, 2.05) is 13.8 Å². The minimum Gasteiger partial charge on any atom is -0.483 e. The molecule has 0 aromatic heterocycles. The molecule has 0 radical (unpaired) electrons. The number of benzene rings is 1. The summed E-state index contributed by atoms with van der Waals surface area (Å²) in [5.74, 6) is -0.249. The van der Waals surface area contributed by atoms with Gasteiger partial charge in [-0.25, -0.2) is 4.39 Å². The second-order valence-electron chi connectivity index (χ2n) is 4.21. The van der Waals surface area contributed by atoms with Gasteiger partial charge < -0.3 is 14.7 Å². The monoisotopic (exact) mass is 269 g/mol. The standard InChI is InChI=1S/C14H20FNO3/c1-4-16(5-2)14(18)9-19-13-7-6-11(15)8-12(13)10(3)17/h6-8,10,17H,4-5,9H2,1-3H3/t10-/m0/s1. The van der Waals surface area contributed by atoms with Crippen LogP contribution in [-0.4, -0.2) is 35.6 Å². The molecule has 0 fully saturated rings. The molecule has 0 unspecified atom stereocenters. The van der Waals surface area contributed by atoms with Gasteiger partial charge >= 0.3 is 0 Å². The summed E-state index contributed by atoms with van der Waals surface area (Å²) in [7, 11) is 0. The number of carbonyl (C=O) groups excluding carboxylic acids is 1. The number of aliphatic hydroxyl groups is 1. The van der Waals surface area contributed by atoms with Crippen molar-refractivity contribution in [3.63, 3.8) is 0 Å². The summed E-state index contributed by atoms with van der Waals surface area (Å²) >= 11 is 0. The molecule has 1 aromatic rings. The molecule has 0 heterocycles. The summed E-state index contributed by atoms with van der Waals surface area (Å²) in [6, 6.07) is 3.87. The lowest BCUT2D eigenvalue weighted by molar-refractivity contribution is -0.133. The smallest absolute Gasteiger partial charge is 0.260 e. The van der Waals surface area contributed by atoms with Crippen LogP contribution >= 0.6 is 0 Å². The molecule has 0 saturated heterocycles. The molecule has 1 aromatic carbocycles. The van der Waals surface area contributed by atoms with E-state index in [0.717, 1.165) is 0 Å². The van der Waals surface area contributed by atoms with Crippen LogP contribution < -0.4 is 4.74 Å². The van der Waals surface area contributed by atoms with Crippen molar-refractivity contribution in [2.24, 2.45) is 0 Å². The maximum absolute atomic E-state index is 13.1. The molecule has 0 aliphatic heterocycles. The zero-order valence-corrected chi connectivity index (χ0v) is 11.5. The number of carbonyl (C=O) groups is 1. The zero-order valence-electron chi connectivity index (χ0n) is 11.5. The molecule has 1 N–H and O–H groups in total. The van der Waals surface area contributed by atoms with Crippen LogP contribution in [0, 0.1) is 5.82 Å². The summed E-state index contributed by atoms with van der Waals surface area (Å²) in [6.07, 6.45) is -0.853. The van der Waals surface area contributed by atoms with E-state index < -0.39 is 11.9 Å². The van der Waals surface area contributed by atoms with Crippen LogP contribution in [0.25, 0.3) is 0 Å². The van der Waals surface area contributed by atoms with E-state index in [4.69, 9.17) is 4.74 Å². The van der Waals surface area contributed by atoms with Gasteiger partial charge in [-0.1, -0.05) is 0 Å². The fourth-order valence-electron chi connectivity index (χ4n) is 1.78. The molecule has 1 rings (SSSR count). The lowest BCUT2D eigenvalue weighted by Crippen LogP contribution is -2.34. The maximum Gasteiger partial charge on any atom is 0.260 e. The highest BCUT2D eigenvalue weighted by Crippen LogP contribution is 2.25. The van der Waals surface area contributed by atoms with E-state index in [9.17, 15) is 14.3 Å². The Hall–Kier alpha value is -1.62. The Labute approximate surface area is 112 Å². The Kier molecular flexibility index (Phi) is 5.76. The fraction of sp³-hybridized carbons (Fsp3) is 0.500. The predicted molar refractivity (Wildman–Crippen MR) is 70.5 cm³/mol. The number of rotatable bonds is 6. The summed E-state index contributed by atoms with van der Waals surface area (Å²) in [6.45, 7) is 6.42. The van der Waals surface area contributed by atoms with Gasteiger partial charge in [-0.05, 0) is 39.0 Å². The second-order valence-corrected chi connectivity index (χ2v) is 4.21. The van der Waals surface area contributed by atoms with E-state index in [1.165, 1.54) is 25.1 Å². The van der Waals surface area contributed by atoms with Gasteiger partial charge in [0.15, 0.2) is 6.61 Å². The summed E-state index contributed by atoms with van der Waals surface area (Å²) in [5.41, 5.74) is 0.340. The van der Waals surface area contributed by atoms with Gasteiger partial charge in [0.2, 0.25) is 0 Å². The molecule has 1 amide bonds. The lowest BCUT2D eigenvalue weighted by Gasteiger charge is -2.19. The third kappa shape index (κ3) is 4.21. The van der Waals surface area contributed by atoms with Crippen molar-refractivity contribution in [3.8, 4) is 5.75 Å². The Morgan fingerprint density at radius 3 is 2.58 bits per heavy atom. The van der Waals surface area contributed by atoms with E-state index >= 15 is 0 Å². The van der Waals surface area contributed by atoms with Crippen LogP contribution in [-0.2, 0) is 4.79 Å². The SMILES string of the molecule is CCN(CC)C(=O)COc1ccc(F)cc1[C@H](C)O. The van der Waals surface area contributed by atoms with Crippen molar-refractivity contribution < 1.29 is 19.0 Å². The van der Waals surface area contributed by atoms with Crippen molar-refractivity contribution in [3.05, 3.63) is 29.6 Å². The van der Waals surface area contributed by atoms with Crippen LogP contribution in [0.5, 0.6) is 5.75 Å². The number of amides is 1. The topological polar surface area (TPSA) is 49.8 Å².